The van der Waals surface area contributed by atoms with E-state index in [0.29, 0.717) is 11.3 Å². The van der Waals surface area contributed by atoms with Gasteiger partial charge >= 0.3 is 5.97 Å². The summed E-state index contributed by atoms with van der Waals surface area (Å²) in [5.74, 6) is -0.243. The van der Waals surface area contributed by atoms with Gasteiger partial charge in [-0.2, -0.15) is 0 Å². The summed E-state index contributed by atoms with van der Waals surface area (Å²) in [6.07, 6.45) is 2.22. The van der Waals surface area contributed by atoms with Crippen LogP contribution in [0.25, 0.3) is 21.7 Å². The van der Waals surface area contributed by atoms with Crippen molar-refractivity contribution in [2.75, 3.05) is 0 Å². The van der Waals surface area contributed by atoms with Gasteiger partial charge in [0.1, 0.15) is 11.3 Å². The van der Waals surface area contributed by atoms with Crippen LogP contribution in [-0.4, -0.2) is 18.0 Å². The number of furan rings is 2. The number of amides is 1. The predicted octanol–water partition coefficient (Wildman–Crippen LogP) is 3.97. The van der Waals surface area contributed by atoms with Crippen LogP contribution >= 0.6 is 0 Å². The number of nitrogens with one attached hydrogen (secondary N) is 1. The Kier molecular flexibility index (Phi) is 4.85. The highest BCUT2D eigenvalue weighted by Gasteiger charge is 2.20. The van der Waals surface area contributed by atoms with Crippen molar-refractivity contribution in [1.29, 1.82) is 0 Å². The molecule has 1 atom stereocenters. The average Bonchev–Trinajstić information content (AvgIpc) is 3.36. The van der Waals surface area contributed by atoms with Gasteiger partial charge in [0.05, 0.1) is 25.5 Å². The second-order valence-corrected chi connectivity index (χ2v) is 6.53. The fourth-order valence-corrected chi connectivity index (χ4v) is 3.18. The van der Waals surface area contributed by atoms with Crippen LogP contribution in [-0.2, 0) is 27.3 Å². The average molecular weight is 377 g/mol. The molecule has 142 valence electrons. The molecule has 0 bridgehead atoms. The molecule has 4 rings (SSSR count). The molecule has 0 fully saturated rings. The summed E-state index contributed by atoms with van der Waals surface area (Å²) in [6.45, 7) is 1.78. The minimum Gasteiger partial charge on any atom is -0.467 e. The first-order chi connectivity index (χ1) is 13.6. The Morgan fingerprint density at radius 3 is 2.75 bits per heavy atom. The number of carbonyl (C=O) groups excluding carboxylic acids is 2. The van der Waals surface area contributed by atoms with Crippen LogP contribution in [0.2, 0.25) is 0 Å². The third-order valence-electron chi connectivity index (χ3n) is 4.57. The Labute approximate surface area is 161 Å². The van der Waals surface area contributed by atoms with Gasteiger partial charge in [-0.3, -0.25) is 9.59 Å². The van der Waals surface area contributed by atoms with Gasteiger partial charge < -0.3 is 18.9 Å². The summed E-state index contributed by atoms with van der Waals surface area (Å²) in [7, 11) is 0. The summed E-state index contributed by atoms with van der Waals surface area (Å²) in [5, 5.41) is 5.65. The molecule has 0 aliphatic heterocycles. The Morgan fingerprint density at radius 2 is 1.93 bits per heavy atom. The molecule has 0 aliphatic carbocycles. The molecule has 28 heavy (non-hydrogen) atoms. The third kappa shape index (κ3) is 3.62. The van der Waals surface area contributed by atoms with Crippen LogP contribution in [0.4, 0.5) is 0 Å². The molecule has 1 amide bonds. The van der Waals surface area contributed by atoms with Gasteiger partial charge in [-0.15, -0.1) is 0 Å². The zero-order chi connectivity index (χ0) is 19.5. The highest BCUT2D eigenvalue weighted by Crippen LogP contribution is 2.30. The van der Waals surface area contributed by atoms with E-state index in [2.05, 4.69) is 5.32 Å². The van der Waals surface area contributed by atoms with Crippen molar-refractivity contribution in [2.45, 2.75) is 26.0 Å². The lowest BCUT2D eigenvalue weighted by Crippen LogP contribution is -2.35. The molecule has 6 nitrogen and oxygen atoms in total. The van der Waals surface area contributed by atoms with Gasteiger partial charge in [0, 0.05) is 10.9 Å². The Morgan fingerprint density at radius 1 is 1.07 bits per heavy atom. The van der Waals surface area contributed by atoms with E-state index in [-0.39, 0.29) is 18.9 Å². The van der Waals surface area contributed by atoms with Crippen LogP contribution in [0.3, 0.4) is 0 Å². The van der Waals surface area contributed by atoms with E-state index in [1.165, 1.54) is 13.2 Å². The molecule has 0 spiro atoms. The van der Waals surface area contributed by atoms with E-state index in [0.717, 1.165) is 21.7 Å². The summed E-state index contributed by atoms with van der Waals surface area (Å²) in [4.78, 5) is 24.5. The fraction of sp³-hybridized carbons (Fsp3) is 0.182. The van der Waals surface area contributed by atoms with Crippen molar-refractivity contribution in [1.82, 2.24) is 5.32 Å². The van der Waals surface area contributed by atoms with Gasteiger partial charge in [0.25, 0.3) is 5.91 Å². The van der Waals surface area contributed by atoms with Gasteiger partial charge in [0.2, 0.25) is 0 Å². The first-order valence-electron chi connectivity index (χ1n) is 8.99. The molecule has 6 heteroatoms. The molecule has 0 saturated heterocycles. The molecule has 0 radical (unpaired) electrons. The number of benzene rings is 2. The van der Waals surface area contributed by atoms with E-state index in [1.807, 2.05) is 36.4 Å². The number of esters is 1. The smallest absolute Gasteiger partial charge is 0.311 e. The van der Waals surface area contributed by atoms with Crippen LogP contribution in [0.15, 0.2) is 69.9 Å². The number of ether oxygens (including phenoxy) is 1. The minimum atomic E-state index is -0.905. The van der Waals surface area contributed by atoms with Crippen molar-refractivity contribution in [2.24, 2.45) is 0 Å². The third-order valence-corrected chi connectivity index (χ3v) is 4.57. The lowest BCUT2D eigenvalue weighted by Gasteiger charge is -2.13. The summed E-state index contributed by atoms with van der Waals surface area (Å²) >= 11 is 0. The zero-order valence-electron chi connectivity index (χ0n) is 15.3. The SMILES string of the molecule is C[C@@H](OC(=O)Cc1coc2ccc3ccccc3c12)C(=O)NCc1ccco1. The first kappa shape index (κ1) is 17.9. The Balaban J connectivity index is 1.43. The molecule has 2 aromatic heterocycles. The van der Waals surface area contributed by atoms with E-state index in [9.17, 15) is 9.59 Å². The molecular weight excluding hydrogens is 358 g/mol. The monoisotopic (exact) mass is 377 g/mol. The van der Waals surface area contributed by atoms with Gasteiger partial charge in [0.15, 0.2) is 6.10 Å². The molecule has 0 unspecified atom stereocenters. The lowest BCUT2D eigenvalue weighted by molar-refractivity contribution is -0.154. The number of hydrogen-bond donors (Lipinski definition) is 1. The molecule has 1 N–H and O–H groups in total. The highest BCUT2D eigenvalue weighted by molar-refractivity contribution is 6.08. The van der Waals surface area contributed by atoms with Crippen molar-refractivity contribution in [3.05, 3.63) is 72.4 Å². The molecule has 2 aromatic carbocycles. The van der Waals surface area contributed by atoms with Crippen molar-refractivity contribution < 1.29 is 23.2 Å². The lowest BCUT2D eigenvalue weighted by atomic mass is 10.0. The molecule has 2 heterocycles. The first-order valence-corrected chi connectivity index (χ1v) is 8.99. The highest BCUT2D eigenvalue weighted by atomic mass is 16.5. The largest absolute Gasteiger partial charge is 0.467 e. The molecule has 4 aromatic rings. The van der Waals surface area contributed by atoms with E-state index in [4.69, 9.17) is 13.6 Å². The Bertz CT molecular complexity index is 1130. The van der Waals surface area contributed by atoms with E-state index < -0.39 is 12.1 Å². The number of fused-ring (bicyclic) bond motifs is 3. The zero-order valence-corrected chi connectivity index (χ0v) is 15.3. The summed E-state index contributed by atoms with van der Waals surface area (Å²) in [5.41, 5.74) is 1.45. The minimum absolute atomic E-state index is 0.0246. The fourth-order valence-electron chi connectivity index (χ4n) is 3.18. The van der Waals surface area contributed by atoms with Gasteiger partial charge in [-0.1, -0.05) is 30.3 Å². The standard InChI is InChI=1S/C22H19NO5/c1-14(22(25)23-12-17-6-4-10-26-17)28-20(24)11-16-13-27-19-9-8-15-5-2-3-7-18(15)21(16)19/h2-10,13-14H,11-12H2,1H3,(H,23,25)/t14-/m1/s1. The van der Waals surface area contributed by atoms with Gasteiger partial charge in [-0.25, -0.2) is 0 Å². The van der Waals surface area contributed by atoms with Crippen LogP contribution in [0.1, 0.15) is 18.2 Å². The second kappa shape index (κ2) is 7.60. The number of carbonyl (C=O) groups is 2. The van der Waals surface area contributed by atoms with Crippen molar-refractivity contribution >= 4 is 33.6 Å². The normalized spacial score (nSPS) is 12.2. The van der Waals surface area contributed by atoms with Crippen LogP contribution in [0.5, 0.6) is 0 Å². The maximum atomic E-state index is 12.4. The second-order valence-electron chi connectivity index (χ2n) is 6.53. The molecule has 0 saturated carbocycles. The quantitative estimate of drug-likeness (QED) is 0.514. The number of hydrogen-bond acceptors (Lipinski definition) is 5. The van der Waals surface area contributed by atoms with Crippen molar-refractivity contribution in [3.63, 3.8) is 0 Å². The van der Waals surface area contributed by atoms with E-state index >= 15 is 0 Å². The van der Waals surface area contributed by atoms with Gasteiger partial charge in [-0.05, 0) is 35.9 Å². The summed E-state index contributed by atoms with van der Waals surface area (Å²) in [6, 6.07) is 15.3. The predicted molar refractivity (Wildman–Crippen MR) is 104 cm³/mol. The topological polar surface area (TPSA) is 81.7 Å². The summed E-state index contributed by atoms with van der Waals surface area (Å²) < 4.78 is 16.0. The van der Waals surface area contributed by atoms with Crippen molar-refractivity contribution in [3.8, 4) is 0 Å². The van der Waals surface area contributed by atoms with E-state index in [1.54, 1.807) is 18.4 Å². The number of rotatable bonds is 6. The Hall–Kier alpha value is -3.54. The maximum absolute atomic E-state index is 12.4. The van der Waals surface area contributed by atoms with Crippen LogP contribution < -0.4 is 5.32 Å². The van der Waals surface area contributed by atoms with Crippen LogP contribution in [0, 0.1) is 0 Å². The molecular formula is C22H19NO5. The maximum Gasteiger partial charge on any atom is 0.311 e. The molecule has 0 aliphatic rings.